The average molecular weight is 296 g/mol. The molecule has 0 bridgehead atoms. The van der Waals surface area contributed by atoms with Gasteiger partial charge in [0.1, 0.15) is 5.75 Å². The lowest BCUT2D eigenvalue weighted by atomic mass is 10.0. The van der Waals surface area contributed by atoms with E-state index in [-0.39, 0.29) is 5.78 Å². The average Bonchev–Trinajstić information content (AvgIpc) is 2.54. The van der Waals surface area contributed by atoms with E-state index >= 15 is 0 Å². The van der Waals surface area contributed by atoms with Gasteiger partial charge in [-0.25, -0.2) is 4.79 Å². The molecule has 22 heavy (non-hydrogen) atoms. The van der Waals surface area contributed by atoms with Crippen LogP contribution in [0.4, 0.5) is 0 Å². The Bertz CT molecular complexity index is 682. The Hall–Kier alpha value is -2.88. The quantitative estimate of drug-likeness (QED) is 0.655. The van der Waals surface area contributed by atoms with Crippen molar-refractivity contribution in [2.45, 2.75) is 6.92 Å². The summed E-state index contributed by atoms with van der Waals surface area (Å²) in [6, 6.07) is 13.8. The fourth-order valence-corrected chi connectivity index (χ4v) is 1.95. The van der Waals surface area contributed by atoms with Crippen molar-refractivity contribution in [1.82, 2.24) is 0 Å². The number of hydrogen-bond acceptors (Lipinski definition) is 3. The van der Waals surface area contributed by atoms with Gasteiger partial charge in [-0.1, -0.05) is 24.3 Å². The highest BCUT2D eigenvalue weighted by Crippen LogP contribution is 2.16. The summed E-state index contributed by atoms with van der Waals surface area (Å²) in [4.78, 5) is 22.8. The molecule has 0 spiro atoms. The van der Waals surface area contributed by atoms with E-state index in [0.717, 1.165) is 17.4 Å². The molecule has 0 atom stereocenters. The number of carboxylic acids is 1. The van der Waals surface area contributed by atoms with Crippen LogP contribution in [-0.4, -0.2) is 23.5 Å². The Morgan fingerprint density at radius 2 is 1.55 bits per heavy atom. The van der Waals surface area contributed by atoms with Crippen LogP contribution < -0.4 is 4.74 Å². The third-order valence-electron chi connectivity index (χ3n) is 3.02. The smallest absolute Gasteiger partial charge is 0.328 e. The number of carbonyl (C=O) groups is 2. The predicted octanol–water partition coefficient (Wildman–Crippen LogP) is 3.41. The van der Waals surface area contributed by atoms with Crippen molar-refractivity contribution in [3.63, 3.8) is 0 Å². The second kappa shape index (κ2) is 7.22. The van der Waals surface area contributed by atoms with E-state index in [0.29, 0.717) is 17.7 Å². The second-order valence-corrected chi connectivity index (χ2v) is 4.58. The molecule has 0 unspecified atom stereocenters. The maximum Gasteiger partial charge on any atom is 0.328 e. The SMILES string of the molecule is CCOc1ccc(C(=O)c2ccc(/C=C/C(=O)O)cc2)cc1. The Balaban J connectivity index is 2.13. The van der Waals surface area contributed by atoms with Gasteiger partial charge < -0.3 is 9.84 Å². The second-order valence-electron chi connectivity index (χ2n) is 4.58. The van der Waals surface area contributed by atoms with Crippen LogP contribution in [0.5, 0.6) is 5.75 Å². The van der Waals surface area contributed by atoms with Gasteiger partial charge in [-0.3, -0.25) is 4.79 Å². The topological polar surface area (TPSA) is 63.6 Å². The summed E-state index contributed by atoms with van der Waals surface area (Å²) >= 11 is 0. The molecule has 4 heteroatoms. The fourth-order valence-electron chi connectivity index (χ4n) is 1.95. The van der Waals surface area contributed by atoms with E-state index in [9.17, 15) is 9.59 Å². The van der Waals surface area contributed by atoms with E-state index < -0.39 is 5.97 Å². The first kappa shape index (κ1) is 15.5. The molecular weight excluding hydrogens is 280 g/mol. The van der Waals surface area contributed by atoms with Gasteiger partial charge >= 0.3 is 5.97 Å². The van der Waals surface area contributed by atoms with Gasteiger partial charge in [-0.2, -0.15) is 0 Å². The highest BCUT2D eigenvalue weighted by atomic mass is 16.5. The predicted molar refractivity (Wildman–Crippen MR) is 84.2 cm³/mol. The van der Waals surface area contributed by atoms with E-state index in [2.05, 4.69) is 0 Å². The first-order valence-corrected chi connectivity index (χ1v) is 6.89. The van der Waals surface area contributed by atoms with Crippen LogP contribution in [0, 0.1) is 0 Å². The Kier molecular flexibility index (Phi) is 5.09. The maximum atomic E-state index is 12.3. The normalized spacial score (nSPS) is 10.6. The monoisotopic (exact) mass is 296 g/mol. The molecule has 0 fully saturated rings. The van der Waals surface area contributed by atoms with E-state index in [1.54, 1.807) is 48.5 Å². The molecule has 2 rings (SSSR count). The van der Waals surface area contributed by atoms with Crippen LogP contribution >= 0.6 is 0 Å². The van der Waals surface area contributed by atoms with E-state index in [1.165, 1.54) is 6.08 Å². The number of benzene rings is 2. The third-order valence-corrected chi connectivity index (χ3v) is 3.02. The van der Waals surface area contributed by atoms with Gasteiger partial charge in [0.15, 0.2) is 5.78 Å². The summed E-state index contributed by atoms with van der Waals surface area (Å²) in [5.41, 5.74) is 1.86. The van der Waals surface area contributed by atoms with Gasteiger partial charge in [0, 0.05) is 17.2 Å². The number of ether oxygens (including phenoxy) is 1. The van der Waals surface area contributed by atoms with Gasteiger partial charge in [0.2, 0.25) is 0 Å². The van der Waals surface area contributed by atoms with Gasteiger partial charge in [-0.05, 0) is 42.8 Å². The molecule has 112 valence electrons. The molecule has 4 nitrogen and oxygen atoms in total. The van der Waals surface area contributed by atoms with Crippen LogP contribution in [-0.2, 0) is 4.79 Å². The van der Waals surface area contributed by atoms with Crippen molar-refractivity contribution in [1.29, 1.82) is 0 Å². The van der Waals surface area contributed by atoms with Crippen molar-refractivity contribution in [3.8, 4) is 5.75 Å². The molecule has 0 aliphatic heterocycles. The van der Waals surface area contributed by atoms with Crippen LogP contribution in [0.2, 0.25) is 0 Å². The van der Waals surface area contributed by atoms with Crippen molar-refractivity contribution >= 4 is 17.8 Å². The maximum absolute atomic E-state index is 12.3. The van der Waals surface area contributed by atoms with Gasteiger partial charge in [0.05, 0.1) is 6.61 Å². The van der Waals surface area contributed by atoms with E-state index in [1.807, 2.05) is 6.92 Å². The molecule has 0 saturated carbocycles. The zero-order valence-electron chi connectivity index (χ0n) is 12.2. The third kappa shape index (κ3) is 4.06. The summed E-state index contributed by atoms with van der Waals surface area (Å²) in [7, 11) is 0. The summed E-state index contributed by atoms with van der Waals surface area (Å²) < 4.78 is 5.34. The minimum atomic E-state index is -1.01. The molecule has 2 aromatic rings. The molecular formula is C18H16O4. The number of carboxylic acid groups (broad SMARTS) is 1. The van der Waals surface area contributed by atoms with Crippen LogP contribution in [0.3, 0.4) is 0 Å². The Morgan fingerprint density at radius 1 is 1.00 bits per heavy atom. The molecule has 2 aromatic carbocycles. The van der Waals surface area contributed by atoms with Crippen molar-refractivity contribution in [2.24, 2.45) is 0 Å². The molecule has 0 aliphatic carbocycles. The standard InChI is InChI=1S/C18H16O4/c1-2-22-16-10-8-15(9-11-16)18(21)14-6-3-13(4-7-14)5-12-17(19)20/h3-12H,2H2,1H3,(H,19,20)/b12-5+. The molecule has 0 saturated heterocycles. The summed E-state index contributed by atoms with van der Waals surface area (Å²) in [5.74, 6) is -0.362. The Morgan fingerprint density at radius 3 is 2.05 bits per heavy atom. The van der Waals surface area contributed by atoms with Crippen molar-refractivity contribution in [2.75, 3.05) is 6.61 Å². The Labute approximate surface area is 128 Å². The first-order chi connectivity index (χ1) is 10.6. The molecule has 0 amide bonds. The summed E-state index contributed by atoms with van der Waals surface area (Å²) in [6.07, 6.45) is 2.54. The molecule has 0 heterocycles. The summed E-state index contributed by atoms with van der Waals surface area (Å²) in [6.45, 7) is 2.48. The van der Waals surface area contributed by atoms with Crippen LogP contribution in [0.15, 0.2) is 54.6 Å². The highest BCUT2D eigenvalue weighted by Gasteiger charge is 2.08. The molecule has 0 radical (unpaired) electrons. The molecule has 0 aliphatic rings. The molecule has 1 N–H and O–H groups in total. The van der Waals surface area contributed by atoms with Gasteiger partial charge in [-0.15, -0.1) is 0 Å². The zero-order valence-corrected chi connectivity index (χ0v) is 12.2. The highest BCUT2D eigenvalue weighted by molar-refractivity contribution is 6.09. The lowest BCUT2D eigenvalue weighted by molar-refractivity contribution is -0.131. The van der Waals surface area contributed by atoms with Crippen LogP contribution in [0.25, 0.3) is 6.08 Å². The number of aliphatic carboxylic acids is 1. The fraction of sp³-hybridized carbons (Fsp3) is 0.111. The zero-order chi connectivity index (χ0) is 15.9. The van der Waals surface area contributed by atoms with Crippen molar-refractivity contribution < 1.29 is 19.4 Å². The summed E-state index contributed by atoms with van der Waals surface area (Å²) in [5, 5.41) is 8.58. The number of carbonyl (C=O) groups excluding carboxylic acids is 1. The number of ketones is 1. The minimum absolute atomic E-state index is 0.0863. The molecule has 0 aromatic heterocycles. The van der Waals surface area contributed by atoms with E-state index in [4.69, 9.17) is 9.84 Å². The minimum Gasteiger partial charge on any atom is -0.494 e. The lowest BCUT2D eigenvalue weighted by Crippen LogP contribution is -2.01. The lowest BCUT2D eigenvalue weighted by Gasteiger charge is -2.05. The first-order valence-electron chi connectivity index (χ1n) is 6.89. The van der Waals surface area contributed by atoms with Crippen LogP contribution in [0.1, 0.15) is 28.4 Å². The number of hydrogen-bond donors (Lipinski definition) is 1. The van der Waals surface area contributed by atoms with Gasteiger partial charge in [0.25, 0.3) is 0 Å². The van der Waals surface area contributed by atoms with Crippen molar-refractivity contribution in [3.05, 3.63) is 71.3 Å². The number of rotatable bonds is 6. The largest absolute Gasteiger partial charge is 0.494 e.